The number of benzene rings is 1. The molecular weight excluding hydrogens is 302 g/mol. The molecule has 0 heterocycles. The van der Waals surface area contributed by atoms with Gasteiger partial charge in [0.05, 0.1) is 0 Å². The van der Waals surface area contributed by atoms with Crippen molar-refractivity contribution in [2.75, 3.05) is 0 Å². The SMILES string of the molecule is CCCCCCCCCc1ccccc1O.O=C([O-])[O-].[Na+].[Na+]. The van der Waals surface area contributed by atoms with Crippen molar-refractivity contribution >= 4 is 6.16 Å². The van der Waals surface area contributed by atoms with Crippen LogP contribution in [0.1, 0.15) is 57.4 Å². The van der Waals surface area contributed by atoms with Crippen LogP contribution in [0.2, 0.25) is 0 Å². The van der Waals surface area contributed by atoms with Crippen LogP contribution >= 0.6 is 0 Å². The molecule has 0 atom stereocenters. The van der Waals surface area contributed by atoms with Crippen LogP contribution in [0.5, 0.6) is 5.75 Å². The number of carboxylic acid groups (broad SMARTS) is 2. The van der Waals surface area contributed by atoms with E-state index in [1.807, 2.05) is 18.2 Å². The molecule has 1 aromatic carbocycles. The molecule has 0 aliphatic heterocycles. The number of rotatable bonds is 8. The summed E-state index contributed by atoms with van der Waals surface area (Å²) in [4.78, 5) is 8.33. The van der Waals surface area contributed by atoms with Crippen molar-refractivity contribution in [2.24, 2.45) is 0 Å². The van der Waals surface area contributed by atoms with Crippen molar-refractivity contribution in [3.63, 3.8) is 0 Å². The number of aromatic hydroxyl groups is 1. The molecule has 0 unspecified atom stereocenters. The van der Waals surface area contributed by atoms with Crippen molar-refractivity contribution < 1.29 is 79.2 Å². The van der Waals surface area contributed by atoms with Gasteiger partial charge in [0.25, 0.3) is 0 Å². The molecule has 0 spiro atoms. The third kappa shape index (κ3) is 18.3. The molecule has 0 aromatic heterocycles. The molecule has 1 N–H and O–H groups in total. The zero-order chi connectivity index (χ0) is 15.2. The predicted octanol–water partition coefficient (Wildman–Crippen LogP) is -3.75. The van der Waals surface area contributed by atoms with Crippen molar-refractivity contribution in [3.05, 3.63) is 29.8 Å². The Morgan fingerprint density at radius 1 is 0.955 bits per heavy atom. The van der Waals surface area contributed by atoms with Gasteiger partial charge < -0.3 is 20.1 Å². The number of hydrogen-bond donors (Lipinski definition) is 1. The van der Waals surface area contributed by atoms with Gasteiger partial charge in [-0.1, -0.05) is 63.6 Å². The fraction of sp³-hybridized carbons (Fsp3) is 0.562. The minimum atomic E-state index is -2.33. The normalized spacial score (nSPS) is 8.77. The van der Waals surface area contributed by atoms with E-state index in [0.717, 1.165) is 12.0 Å². The monoisotopic (exact) mass is 326 g/mol. The molecule has 114 valence electrons. The van der Waals surface area contributed by atoms with Gasteiger partial charge in [-0.15, -0.1) is 0 Å². The fourth-order valence-electron chi connectivity index (χ4n) is 1.99. The second-order valence-corrected chi connectivity index (χ2v) is 4.75. The van der Waals surface area contributed by atoms with Gasteiger partial charge in [-0.2, -0.15) is 0 Å². The molecule has 4 nitrogen and oxygen atoms in total. The third-order valence-electron chi connectivity index (χ3n) is 3.04. The molecule has 0 fully saturated rings. The second-order valence-electron chi connectivity index (χ2n) is 4.75. The Hall–Kier alpha value is 0.290. The fourth-order valence-corrected chi connectivity index (χ4v) is 1.99. The first-order valence-electron chi connectivity index (χ1n) is 7.22. The molecule has 6 heteroatoms. The molecule has 22 heavy (non-hydrogen) atoms. The Labute approximate surface area is 177 Å². The summed E-state index contributed by atoms with van der Waals surface area (Å²) in [6.45, 7) is 2.25. The van der Waals surface area contributed by atoms with Crippen LogP contribution in [0, 0.1) is 0 Å². The van der Waals surface area contributed by atoms with Gasteiger partial charge in [-0.3, -0.25) is 0 Å². The van der Waals surface area contributed by atoms with E-state index in [0.29, 0.717) is 5.75 Å². The Kier molecular flexibility index (Phi) is 23.9. The smallest absolute Gasteiger partial charge is 0.652 e. The van der Waals surface area contributed by atoms with Crippen LogP contribution < -0.4 is 69.3 Å². The topological polar surface area (TPSA) is 83.4 Å². The van der Waals surface area contributed by atoms with Gasteiger partial charge in [-0.25, -0.2) is 0 Å². The number of carbonyl (C=O) groups excluding carboxylic acids is 1. The second kappa shape index (κ2) is 19.3. The van der Waals surface area contributed by atoms with E-state index in [2.05, 4.69) is 6.92 Å². The summed E-state index contributed by atoms with van der Waals surface area (Å²) < 4.78 is 0. The average Bonchev–Trinajstić information content (AvgIpc) is 2.39. The van der Waals surface area contributed by atoms with E-state index in [1.54, 1.807) is 6.07 Å². The maximum Gasteiger partial charge on any atom is 1.00 e. The van der Waals surface area contributed by atoms with Crippen molar-refractivity contribution in [2.45, 2.75) is 58.3 Å². The average molecular weight is 326 g/mol. The first-order chi connectivity index (χ1) is 9.57. The standard InChI is InChI=1S/C15H24O.CH2O3.2Na/c1-2-3-4-5-6-7-8-11-14-12-9-10-13-15(14)16;2-1(3)4;;/h9-10,12-13,16H,2-8,11H2,1H3;(H2,2,3,4);;/q;;2*+1/p-2. The van der Waals surface area contributed by atoms with Crippen LogP contribution in [0.15, 0.2) is 24.3 Å². The first kappa shape index (κ1) is 27.2. The predicted molar refractivity (Wildman–Crippen MR) is 75.2 cm³/mol. The number of phenols is 1. The Morgan fingerprint density at radius 3 is 1.91 bits per heavy atom. The van der Waals surface area contributed by atoms with Gasteiger partial charge >= 0.3 is 59.1 Å². The first-order valence-corrected chi connectivity index (χ1v) is 7.22. The zero-order valence-corrected chi connectivity index (χ0v) is 18.1. The molecule has 0 saturated heterocycles. The van der Waals surface area contributed by atoms with Gasteiger partial charge in [0.2, 0.25) is 0 Å². The zero-order valence-electron chi connectivity index (χ0n) is 14.1. The molecule has 0 amide bonds. The van der Waals surface area contributed by atoms with Gasteiger partial charge in [0, 0.05) is 0 Å². The number of hydrogen-bond acceptors (Lipinski definition) is 4. The van der Waals surface area contributed by atoms with Gasteiger partial charge in [0.1, 0.15) is 5.75 Å². The summed E-state index contributed by atoms with van der Waals surface area (Å²) in [5, 5.41) is 26.2. The van der Waals surface area contributed by atoms with E-state index < -0.39 is 6.16 Å². The Bertz CT molecular complexity index is 369. The van der Waals surface area contributed by atoms with Crippen LogP contribution in [-0.4, -0.2) is 11.3 Å². The minimum absolute atomic E-state index is 0. The van der Waals surface area contributed by atoms with Crippen LogP contribution in [0.4, 0.5) is 4.79 Å². The summed E-state index contributed by atoms with van der Waals surface area (Å²) in [6.07, 6.45) is 7.95. The molecular formula is C16H24Na2O4. The van der Waals surface area contributed by atoms with E-state index in [-0.39, 0.29) is 59.1 Å². The number of unbranched alkanes of at least 4 members (excludes halogenated alkanes) is 6. The van der Waals surface area contributed by atoms with E-state index >= 15 is 0 Å². The van der Waals surface area contributed by atoms with Crippen LogP contribution in [0.25, 0.3) is 0 Å². The summed E-state index contributed by atoms with van der Waals surface area (Å²) in [6, 6.07) is 7.67. The molecule has 1 rings (SSSR count). The Balaban J connectivity index is -0.000000538. The molecule has 0 saturated carbocycles. The number of carbonyl (C=O) groups is 1. The van der Waals surface area contributed by atoms with Crippen molar-refractivity contribution in [3.8, 4) is 5.75 Å². The minimum Gasteiger partial charge on any atom is -0.652 e. The summed E-state index contributed by atoms with van der Waals surface area (Å²) in [5.41, 5.74) is 1.09. The number of phenolic OH excluding ortho intramolecular Hbond substituents is 1. The van der Waals surface area contributed by atoms with Crippen molar-refractivity contribution in [1.29, 1.82) is 0 Å². The van der Waals surface area contributed by atoms with E-state index in [1.165, 1.54) is 44.9 Å². The maximum atomic E-state index is 9.58. The largest absolute Gasteiger partial charge is 1.00 e. The van der Waals surface area contributed by atoms with E-state index in [4.69, 9.17) is 15.0 Å². The molecule has 0 aliphatic rings. The van der Waals surface area contributed by atoms with Gasteiger partial charge in [0.15, 0.2) is 0 Å². The Morgan fingerprint density at radius 2 is 1.41 bits per heavy atom. The summed E-state index contributed by atoms with van der Waals surface area (Å²) in [5.74, 6) is 0.452. The number of para-hydroxylation sites is 1. The van der Waals surface area contributed by atoms with Gasteiger partial charge in [-0.05, 0) is 30.6 Å². The molecule has 1 aromatic rings. The third-order valence-corrected chi connectivity index (χ3v) is 3.04. The summed E-state index contributed by atoms with van der Waals surface area (Å²) >= 11 is 0. The molecule has 0 aliphatic carbocycles. The molecule has 0 radical (unpaired) electrons. The molecule has 0 bridgehead atoms. The number of aryl methyl sites for hydroxylation is 1. The van der Waals surface area contributed by atoms with Crippen LogP contribution in [-0.2, 0) is 6.42 Å². The summed E-state index contributed by atoms with van der Waals surface area (Å²) in [7, 11) is 0. The maximum absolute atomic E-state index is 9.58. The van der Waals surface area contributed by atoms with Crippen molar-refractivity contribution in [1.82, 2.24) is 0 Å². The van der Waals surface area contributed by atoms with Crippen LogP contribution in [0.3, 0.4) is 0 Å². The quantitative estimate of drug-likeness (QED) is 0.393. The van der Waals surface area contributed by atoms with E-state index in [9.17, 15) is 5.11 Å².